The molecule has 0 radical (unpaired) electrons. The number of alkyl halides is 3. The molecule has 1 fully saturated rings. The van der Waals surface area contributed by atoms with E-state index in [-0.39, 0.29) is 24.6 Å². The third kappa shape index (κ3) is 4.06. The molecule has 1 aromatic heterocycles. The van der Waals surface area contributed by atoms with E-state index in [1.54, 1.807) is 6.07 Å². The number of carbonyl (C=O) groups excluding carboxylic acids is 1. The van der Waals surface area contributed by atoms with E-state index < -0.39 is 11.7 Å². The summed E-state index contributed by atoms with van der Waals surface area (Å²) < 4.78 is 39.9. The van der Waals surface area contributed by atoms with Gasteiger partial charge in [0.1, 0.15) is 12.4 Å². The third-order valence-corrected chi connectivity index (χ3v) is 5.85. The van der Waals surface area contributed by atoms with Gasteiger partial charge in [-0.2, -0.15) is 18.3 Å². The molecule has 160 valence electrons. The Labute approximate surface area is 171 Å². The molecular weight excluding hydrogens is 397 g/mol. The first-order chi connectivity index (χ1) is 14.2. The number of hydrogen-bond donors (Lipinski definition) is 0. The molecule has 0 saturated carbocycles. The molecule has 0 spiro atoms. The summed E-state index contributed by atoms with van der Waals surface area (Å²) in [5, 5.41) is 4.37. The fourth-order valence-electron chi connectivity index (χ4n) is 4.01. The molecule has 1 saturated heterocycles. The van der Waals surface area contributed by atoms with Gasteiger partial charge in [-0.3, -0.25) is 9.59 Å². The standard InChI is InChI=1S/C21H23F3N4O2/c1-14-6-9-26(10-7-14)18-4-5-19(29)28(25-18)13-20(30)27-11-8-15-12-16(21(22,23)24)2-3-17(15)27/h2-5,12,14H,6-11,13H2,1H3. The molecule has 2 aliphatic rings. The van der Waals surface area contributed by atoms with E-state index in [2.05, 4.69) is 16.9 Å². The summed E-state index contributed by atoms with van der Waals surface area (Å²) in [6.07, 6.45) is -1.98. The van der Waals surface area contributed by atoms with Crippen LogP contribution in [0.3, 0.4) is 0 Å². The first-order valence-electron chi connectivity index (χ1n) is 10.1. The van der Waals surface area contributed by atoms with Crippen molar-refractivity contribution < 1.29 is 18.0 Å². The van der Waals surface area contributed by atoms with Gasteiger partial charge < -0.3 is 9.80 Å². The molecule has 0 aliphatic carbocycles. The molecule has 1 aromatic carbocycles. The van der Waals surface area contributed by atoms with Crippen molar-refractivity contribution in [2.45, 2.75) is 38.9 Å². The van der Waals surface area contributed by atoms with Crippen LogP contribution in [-0.4, -0.2) is 35.3 Å². The first kappa shape index (κ1) is 20.4. The zero-order valence-corrected chi connectivity index (χ0v) is 16.7. The van der Waals surface area contributed by atoms with Crippen molar-refractivity contribution in [2.75, 3.05) is 29.4 Å². The van der Waals surface area contributed by atoms with E-state index >= 15 is 0 Å². The number of rotatable bonds is 3. The second-order valence-corrected chi connectivity index (χ2v) is 7.99. The molecule has 4 rings (SSSR count). The highest BCUT2D eigenvalue weighted by Gasteiger charge is 2.33. The summed E-state index contributed by atoms with van der Waals surface area (Å²) in [5.74, 6) is 0.945. The Morgan fingerprint density at radius 2 is 1.87 bits per heavy atom. The molecule has 30 heavy (non-hydrogen) atoms. The van der Waals surface area contributed by atoms with Gasteiger partial charge in [-0.15, -0.1) is 0 Å². The molecule has 0 N–H and O–H groups in total. The van der Waals surface area contributed by atoms with Crippen LogP contribution in [0.25, 0.3) is 0 Å². The van der Waals surface area contributed by atoms with E-state index in [9.17, 15) is 22.8 Å². The maximum absolute atomic E-state index is 12.9. The Hall–Kier alpha value is -2.84. The van der Waals surface area contributed by atoms with Crippen LogP contribution in [0, 0.1) is 5.92 Å². The SMILES string of the molecule is CC1CCN(c2ccc(=O)n(CC(=O)N3CCc4cc(C(F)(F)F)ccc43)n2)CC1. The van der Waals surface area contributed by atoms with Crippen molar-refractivity contribution in [1.29, 1.82) is 0 Å². The first-order valence-corrected chi connectivity index (χ1v) is 10.1. The van der Waals surface area contributed by atoms with E-state index in [1.807, 2.05) is 0 Å². The van der Waals surface area contributed by atoms with Gasteiger partial charge in [0.25, 0.3) is 5.56 Å². The van der Waals surface area contributed by atoms with Crippen LogP contribution in [0.1, 0.15) is 30.9 Å². The van der Waals surface area contributed by atoms with Crippen molar-refractivity contribution in [3.63, 3.8) is 0 Å². The molecule has 1 amide bonds. The average Bonchev–Trinajstić information content (AvgIpc) is 3.13. The highest BCUT2D eigenvalue weighted by molar-refractivity contribution is 5.95. The fourth-order valence-corrected chi connectivity index (χ4v) is 4.01. The summed E-state index contributed by atoms with van der Waals surface area (Å²) in [5.41, 5.74) is -0.168. The van der Waals surface area contributed by atoms with E-state index in [1.165, 1.54) is 17.0 Å². The number of fused-ring (bicyclic) bond motifs is 1. The van der Waals surface area contributed by atoms with Crippen molar-refractivity contribution in [1.82, 2.24) is 9.78 Å². The Morgan fingerprint density at radius 3 is 2.57 bits per heavy atom. The number of piperidine rings is 1. The largest absolute Gasteiger partial charge is 0.416 e. The predicted molar refractivity (Wildman–Crippen MR) is 107 cm³/mol. The molecule has 6 nitrogen and oxygen atoms in total. The molecular formula is C21H23F3N4O2. The molecule has 0 bridgehead atoms. The minimum absolute atomic E-state index is 0.253. The number of anilines is 2. The third-order valence-electron chi connectivity index (χ3n) is 5.85. The predicted octanol–water partition coefficient (Wildman–Crippen LogP) is 3.09. The van der Waals surface area contributed by atoms with Gasteiger partial charge in [-0.1, -0.05) is 6.92 Å². The second-order valence-electron chi connectivity index (χ2n) is 7.99. The summed E-state index contributed by atoms with van der Waals surface area (Å²) in [6.45, 7) is 3.93. The van der Waals surface area contributed by atoms with Gasteiger partial charge in [-0.25, -0.2) is 4.68 Å². The van der Waals surface area contributed by atoms with Crippen LogP contribution in [-0.2, 0) is 23.9 Å². The van der Waals surface area contributed by atoms with E-state index in [0.29, 0.717) is 29.4 Å². The fraction of sp³-hybridized carbons (Fsp3) is 0.476. The minimum Gasteiger partial charge on any atom is -0.355 e. The Bertz CT molecular complexity index is 1010. The van der Waals surface area contributed by atoms with Gasteiger partial charge in [0.05, 0.1) is 5.56 Å². The number of nitrogens with zero attached hydrogens (tertiary/aromatic N) is 4. The lowest BCUT2D eigenvalue weighted by molar-refractivity contribution is -0.137. The van der Waals surface area contributed by atoms with Crippen molar-refractivity contribution in [3.8, 4) is 0 Å². The zero-order chi connectivity index (χ0) is 21.5. The lowest BCUT2D eigenvalue weighted by atomic mass is 9.99. The zero-order valence-electron chi connectivity index (χ0n) is 16.7. The normalized spacial score (nSPS) is 17.3. The molecule has 3 heterocycles. The molecule has 2 aliphatic heterocycles. The van der Waals surface area contributed by atoms with Crippen LogP contribution >= 0.6 is 0 Å². The van der Waals surface area contributed by atoms with Crippen molar-refractivity contribution >= 4 is 17.4 Å². The molecule has 9 heteroatoms. The van der Waals surface area contributed by atoms with Crippen LogP contribution in [0.2, 0.25) is 0 Å². The Balaban J connectivity index is 1.51. The summed E-state index contributed by atoms with van der Waals surface area (Å²) in [7, 11) is 0. The van der Waals surface area contributed by atoms with Crippen LogP contribution in [0.4, 0.5) is 24.7 Å². The summed E-state index contributed by atoms with van der Waals surface area (Å²) in [4.78, 5) is 28.6. The van der Waals surface area contributed by atoms with Gasteiger partial charge in [-0.05, 0) is 55.0 Å². The molecule has 2 aromatic rings. The number of benzene rings is 1. The average molecular weight is 420 g/mol. The molecule has 0 unspecified atom stereocenters. The maximum Gasteiger partial charge on any atom is 0.416 e. The van der Waals surface area contributed by atoms with E-state index in [0.717, 1.165) is 42.7 Å². The summed E-state index contributed by atoms with van der Waals surface area (Å²) in [6, 6.07) is 6.46. The maximum atomic E-state index is 12.9. The Morgan fingerprint density at radius 1 is 1.13 bits per heavy atom. The molecule has 0 atom stereocenters. The topological polar surface area (TPSA) is 58.4 Å². The quantitative estimate of drug-likeness (QED) is 0.766. The number of hydrogen-bond acceptors (Lipinski definition) is 4. The number of halogens is 3. The Kier molecular flexibility index (Phi) is 5.29. The second kappa shape index (κ2) is 7.77. The highest BCUT2D eigenvalue weighted by Crippen LogP contribution is 2.35. The van der Waals surface area contributed by atoms with Gasteiger partial charge in [0.15, 0.2) is 0 Å². The number of aromatic nitrogens is 2. The van der Waals surface area contributed by atoms with Gasteiger partial charge >= 0.3 is 6.18 Å². The lowest BCUT2D eigenvalue weighted by Crippen LogP contribution is -2.38. The van der Waals surface area contributed by atoms with Crippen LogP contribution in [0.5, 0.6) is 0 Å². The number of carbonyl (C=O) groups is 1. The smallest absolute Gasteiger partial charge is 0.355 e. The van der Waals surface area contributed by atoms with E-state index in [4.69, 9.17) is 0 Å². The number of amides is 1. The lowest BCUT2D eigenvalue weighted by Gasteiger charge is -2.31. The minimum atomic E-state index is -4.42. The van der Waals surface area contributed by atoms with Crippen LogP contribution in [0.15, 0.2) is 35.1 Å². The van der Waals surface area contributed by atoms with Gasteiger partial charge in [0, 0.05) is 31.4 Å². The monoisotopic (exact) mass is 420 g/mol. The van der Waals surface area contributed by atoms with Crippen LogP contribution < -0.4 is 15.4 Å². The van der Waals surface area contributed by atoms with Gasteiger partial charge in [0.2, 0.25) is 5.91 Å². The van der Waals surface area contributed by atoms with Crippen molar-refractivity contribution in [3.05, 3.63) is 51.8 Å². The summed E-state index contributed by atoms with van der Waals surface area (Å²) >= 11 is 0. The van der Waals surface area contributed by atoms with Crippen molar-refractivity contribution in [2.24, 2.45) is 5.92 Å². The highest BCUT2D eigenvalue weighted by atomic mass is 19.4.